The highest BCUT2D eigenvalue weighted by Crippen LogP contribution is 2.22. The molecule has 0 unspecified atom stereocenters. The van der Waals surface area contributed by atoms with E-state index >= 15 is 0 Å². The van der Waals surface area contributed by atoms with Crippen LogP contribution in [0.25, 0.3) is 0 Å². The number of nitrogens with zero attached hydrogens (tertiary/aromatic N) is 1. The van der Waals surface area contributed by atoms with Crippen LogP contribution in [0.3, 0.4) is 0 Å². The number of halogens is 1. The molecule has 0 radical (unpaired) electrons. The Balaban J connectivity index is 3.32. The summed E-state index contributed by atoms with van der Waals surface area (Å²) in [5, 5.41) is 10.6. The van der Waals surface area contributed by atoms with Crippen LogP contribution in [-0.4, -0.2) is 13.0 Å². The number of nitrogens with two attached hydrogens (primary N) is 1. The third-order valence-corrected chi connectivity index (χ3v) is 2.77. The fourth-order valence-electron chi connectivity index (χ4n) is 1.07. The van der Waals surface area contributed by atoms with Gasteiger partial charge in [0.25, 0.3) is 5.69 Å². The standard InChI is InChI=1S/C11H13FN2O2Si/c1-17(2,3)5-4-8-6-9(14(15)16)7-10(12)11(8)13/h6-7H,13H2,1-3H3. The van der Waals surface area contributed by atoms with Crippen LogP contribution in [0, 0.1) is 27.4 Å². The lowest BCUT2D eigenvalue weighted by atomic mass is 10.1. The smallest absolute Gasteiger partial charge is 0.273 e. The zero-order valence-corrected chi connectivity index (χ0v) is 10.9. The van der Waals surface area contributed by atoms with Gasteiger partial charge in [0.2, 0.25) is 0 Å². The van der Waals surface area contributed by atoms with E-state index in [1.807, 2.05) is 19.6 Å². The quantitative estimate of drug-likeness (QED) is 0.274. The van der Waals surface area contributed by atoms with Crippen molar-refractivity contribution in [1.29, 1.82) is 0 Å². The zero-order valence-electron chi connectivity index (χ0n) is 9.87. The average molecular weight is 252 g/mol. The maximum atomic E-state index is 13.3. The molecule has 0 atom stereocenters. The van der Waals surface area contributed by atoms with E-state index in [9.17, 15) is 14.5 Å². The normalized spacial score (nSPS) is 10.6. The third-order valence-electron chi connectivity index (χ3n) is 1.90. The number of anilines is 1. The number of benzene rings is 1. The van der Waals surface area contributed by atoms with Gasteiger partial charge in [0, 0.05) is 6.07 Å². The molecule has 4 nitrogen and oxygen atoms in total. The van der Waals surface area contributed by atoms with Crippen molar-refractivity contribution in [3.05, 3.63) is 33.6 Å². The van der Waals surface area contributed by atoms with Crippen molar-refractivity contribution < 1.29 is 9.31 Å². The molecule has 6 heteroatoms. The van der Waals surface area contributed by atoms with Gasteiger partial charge in [-0.1, -0.05) is 25.6 Å². The fourth-order valence-corrected chi connectivity index (χ4v) is 1.58. The van der Waals surface area contributed by atoms with Crippen molar-refractivity contribution in [2.24, 2.45) is 0 Å². The molecule has 0 amide bonds. The van der Waals surface area contributed by atoms with Gasteiger partial charge in [-0.3, -0.25) is 10.1 Å². The van der Waals surface area contributed by atoms with Crippen LogP contribution < -0.4 is 5.73 Å². The molecule has 0 heterocycles. The lowest BCUT2D eigenvalue weighted by Gasteiger charge is -2.05. The predicted molar refractivity (Wildman–Crippen MR) is 67.7 cm³/mol. The summed E-state index contributed by atoms with van der Waals surface area (Å²) in [4.78, 5) is 9.91. The molecule has 1 aromatic carbocycles. The van der Waals surface area contributed by atoms with Gasteiger partial charge in [-0.15, -0.1) is 5.54 Å². The number of rotatable bonds is 1. The summed E-state index contributed by atoms with van der Waals surface area (Å²) in [5.74, 6) is 1.92. The summed E-state index contributed by atoms with van der Waals surface area (Å²) in [6.07, 6.45) is 0. The van der Waals surface area contributed by atoms with E-state index < -0.39 is 18.8 Å². The van der Waals surface area contributed by atoms with E-state index in [4.69, 9.17) is 5.73 Å². The molecular weight excluding hydrogens is 239 g/mol. The topological polar surface area (TPSA) is 69.2 Å². The van der Waals surface area contributed by atoms with Gasteiger partial charge in [-0.25, -0.2) is 4.39 Å². The van der Waals surface area contributed by atoms with Crippen LogP contribution in [0.1, 0.15) is 5.56 Å². The Kier molecular flexibility index (Phi) is 3.53. The molecule has 0 bridgehead atoms. The third kappa shape index (κ3) is 3.57. The van der Waals surface area contributed by atoms with E-state index in [1.54, 1.807) is 0 Å². The van der Waals surface area contributed by atoms with Crippen molar-refractivity contribution in [1.82, 2.24) is 0 Å². The van der Waals surface area contributed by atoms with Crippen LogP contribution in [0.2, 0.25) is 19.6 Å². The minimum absolute atomic E-state index is 0.138. The minimum atomic E-state index is -1.63. The second-order valence-corrected chi connectivity index (χ2v) is 9.40. The lowest BCUT2D eigenvalue weighted by Crippen LogP contribution is -2.16. The first-order valence-corrected chi connectivity index (χ1v) is 8.47. The van der Waals surface area contributed by atoms with Crippen LogP contribution in [0.5, 0.6) is 0 Å². The first kappa shape index (κ1) is 13.2. The first-order valence-electron chi connectivity index (χ1n) is 4.97. The van der Waals surface area contributed by atoms with Gasteiger partial charge in [0.15, 0.2) is 5.82 Å². The molecule has 90 valence electrons. The molecule has 17 heavy (non-hydrogen) atoms. The minimum Gasteiger partial charge on any atom is -0.395 e. The number of nitro groups is 1. The van der Waals surface area contributed by atoms with Crippen molar-refractivity contribution in [2.75, 3.05) is 5.73 Å². The molecule has 1 rings (SSSR count). The van der Waals surface area contributed by atoms with Gasteiger partial charge in [0.1, 0.15) is 8.07 Å². The van der Waals surface area contributed by atoms with Crippen molar-refractivity contribution >= 4 is 19.4 Å². The molecule has 0 aromatic heterocycles. The molecule has 2 N–H and O–H groups in total. The largest absolute Gasteiger partial charge is 0.395 e. The van der Waals surface area contributed by atoms with Gasteiger partial charge >= 0.3 is 0 Å². The number of non-ortho nitro benzene ring substituents is 1. The highest BCUT2D eigenvalue weighted by Gasteiger charge is 2.14. The Morgan fingerprint density at radius 2 is 2.00 bits per heavy atom. The van der Waals surface area contributed by atoms with Gasteiger partial charge in [-0.05, 0) is 0 Å². The number of hydrogen-bond acceptors (Lipinski definition) is 3. The van der Waals surface area contributed by atoms with Gasteiger partial charge in [-0.2, -0.15) is 0 Å². The maximum Gasteiger partial charge on any atom is 0.273 e. The van der Waals surface area contributed by atoms with Gasteiger partial charge < -0.3 is 5.73 Å². The molecule has 0 saturated heterocycles. The fraction of sp³-hybridized carbons (Fsp3) is 0.273. The summed E-state index contributed by atoms with van der Waals surface area (Å²) in [5.41, 5.74) is 8.19. The van der Waals surface area contributed by atoms with E-state index in [1.165, 1.54) is 6.07 Å². The Morgan fingerprint density at radius 3 is 2.47 bits per heavy atom. The summed E-state index contributed by atoms with van der Waals surface area (Å²) in [7, 11) is -1.63. The SMILES string of the molecule is C[Si](C)(C)C#Cc1cc([N+](=O)[O-])cc(F)c1N. The molecular formula is C11H13FN2O2Si. The highest BCUT2D eigenvalue weighted by molar-refractivity contribution is 6.83. The molecule has 0 aliphatic heterocycles. The second kappa shape index (κ2) is 4.55. The number of nitro benzene ring substituents is 1. The summed E-state index contributed by atoms with van der Waals surface area (Å²) in [6.45, 7) is 6.05. The summed E-state index contributed by atoms with van der Waals surface area (Å²) in [6, 6.07) is 2.00. The Labute approximate surface area is 99.8 Å². The van der Waals surface area contributed by atoms with Crippen LogP contribution >= 0.6 is 0 Å². The van der Waals surface area contributed by atoms with E-state index in [0.717, 1.165) is 6.07 Å². The molecule has 0 fully saturated rings. The maximum absolute atomic E-state index is 13.3. The lowest BCUT2D eigenvalue weighted by molar-refractivity contribution is -0.385. The summed E-state index contributed by atoms with van der Waals surface area (Å²) < 4.78 is 13.3. The number of nitrogen functional groups attached to an aromatic ring is 1. The van der Waals surface area contributed by atoms with E-state index in [0.29, 0.717) is 0 Å². The van der Waals surface area contributed by atoms with Crippen molar-refractivity contribution in [3.8, 4) is 11.5 Å². The summed E-state index contributed by atoms with van der Waals surface area (Å²) >= 11 is 0. The monoisotopic (exact) mass is 252 g/mol. The van der Waals surface area contributed by atoms with Crippen LogP contribution in [0.15, 0.2) is 12.1 Å². The molecule has 0 saturated carbocycles. The number of hydrogen-bond donors (Lipinski definition) is 1. The van der Waals surface area contributed by atoms with Gasteiger partial charge in [0.05, 0.1) is 22.2 Å². The Hall–Kier alpha value is -1.87. The Bertz CT molecular complexity index is 527. The van der Waals surface area contributed by atoms with Crippen molar-refractivity contribution in [2.45, 2.75) is 19.6 Å². The molecule has 0 aliphatic carbocycles. The van der Waals surface area contributed by atoms with E-state index in [2.05, 4.69) is 11.5 Å². The molecule has 0 aliphatic rings. The van der Waals surface area contributed by atoms with Crippen molar-refractivity contribution in [3.63, 3.8) is 0 Å². The second-order valence-electron chi connectivity index (χ2n) is 4.65. The first-order chi connectivity index (χ1) is 7.70. The Morgan fingerprint density at radius 1 is 1.41 bits per heavy atom. The molecule has 0 spiro atoms. The van der Waals surface area contributed by atoms with Crippen LogP contribution in [0.4, 0.5) is 15.8 Å². The zero-order chi connectivity index (χ0) is 13.2. The molecule has 1 aromatic rings. The predicted octanol–water partition coefficient (Wildman–Crippen LogP) is 2.54. The average Bonchev–Trinajstić information content (AvgIpc) is 2.18. The van der Waals surface area contributed by atoms with E-state index in [-0.39, 0.29) is 16.9 Å². The van der Waals surface area contributed by atoms with Crippen LogP contribution in [-0.2, 0) is 0 Å². The highest BCUT2D eigenvalue weighted by atomic mass is 28.3.